The molecule has 3 heterocycles. The number of allylic oxidation sites excluding steroid dienone is 2. The molecule has 4 atom stereocenters. The minimum atomic E-state index is -0.118. The third-order valence-corrected chi connectivity index (χ3v) is 6.98. The van der Waals surface area contributed by atoms with E-state index in [2.05, 4.69) is 37.7 Å². The number of carbonyl (C=O) groups excluding carboxylic acids is 2. The Hall–Kier alpha value is -2.76. The van der Waals surface area contributed by atoms with Crippen LogP contribution in [0.3, 0.4) is 0 Å². The minimum absolute atomic E-state index is 0. The number of imidazole rings is 1. The molecular formula is C24H30IN7O2. The van der Waals surface area contributed by atoms with E-state index in [1.807, 2.05) is 36.0 Å². The lowest BCUT2D eigenvalue weighted by Gasteiger charge is -2.18. The quantitative estimate of drug-likeness (QED) is 0.131. The maximum atomic E-state index is 12.8. The number of hydrogen-bond donors (Lipinski definition) is 2. The fourth-order valence-corrected chi connectivity index (χ4v) is 5.32. The van der Waals surface area contributed by atoms with Crippen LogP contribution in [-0.4, -0.2) is 57.3 Å². The molecule has 1 saturated heterocycles. The summed E-state index contributed by atoms with van der Waals surface area (Å²) in [4.78, 5) is 40.0. The average molecular weight is 575 g/mol. The molecule has 34 heavy (non-hydrogen) atoms. The molecular weight excluding hydrogens is 545 g/mol. The molecule has 1 saturated carbocycles. The normalized spacial score (nSPS) is 25.0. The zero-order valence-electron chi connectivity index (χ0n) is 19.3. The second kappa shape index (κ2) is 10.2. The standard InChI is InChI=1S/C24H29N7O2.HI/c1-15-26-9-11-30(15)19-7-4-16(13-28-19)14-29-24(25-2)27-8-3-10-31-22(32)20-17-5-6-18(12-17)21(20)23(31)33;/h4-7,9,11,13,17-18,20-21H,3,8,10,12,14H2,1-2H3,(H2,25,27,29);1H. The van der Waals surface area contributed by atoms with Crippen LogP contribution in [0, 0.1) is 30.6 Å². The lowest BCUT2D eigenvalue weighted by molar-refractivity contribution is -0.140. The molecule has 180 valence electrons. The molecule has 1 aliphatic heterocycles. The SMILES string of the molecule is CN=C(NCCCN1C(=O)C2C3C=CC(C3)C2C1=O)NCc1ccc(-n2ccnc2C)nc1.I. The van der Waals surface area contributed by atoms with Gasteiger partial charge in [0.2, 0.25) is 11.8 Å². The van der Waals surface area contributed by atoms with Gasteiger partial charge in [-0.1, -0.05) is 18.2 Å². The minimum Gasteiger partial charge on any atom is -0.356 e. The summed E-state index contributed by atoms with van der Waals surface area (Å²) in [5, 5.41) is 6.53. The number of aromatic nitrogens is 3. The number of pyridine rings is 1. The molecule has 0 radical (unpaired) electrons. The fourth-order valence-electron chi connectivity index (χ4n) is 5.32. The molecule has 2 amide bonds. The first-order valence-electron chi connectivity index (χ1n) is 11.5. The highest BCUT2D eigenvalue weighted by Gasteiger charge is 2.58. The number of guanidine groups is 1. The second-order valence-electron chi connectivity index (χ2n) is 8.90. The largest absolute Gasteiger partial charge is 0.356 e. The molecule has 10 heteroatoms. The summed E-state index contributed by atoms with van der Waals surface area (Å²) in [5.74, 6) is 2.71. The van der Waals surface area contributed by atoms with Gasteiger partial charge in [0.25, 0.3) is 0 Å². The van der Waals surface area contributed by atoms with Crippen LogP contribution in [0.4, 0.5) is 0 Å². The van der Waals surface area contributed by atoms with Gasteiger partial charge < -0.3 is 10.6 Å². The van der Waals surface area contributed by atoms with Crippen molar-refractivity contribution in [3.63, 3.8) is 0 Å². The fraction of sp³-hybridized carbons (Fsp3) is 0.458. The van der Waals surface area contributed by atoms with E-state index in [9.17, 15) is 9.59 Å². The summed E-state index contributed by atoms with van der Waals surface area (Å²) in [6.07, 6.45) is 11.4. The first-order chi connectivity index (χ1) is 16.1. The number of fused-ring (bicyclic) bond motifs is 5. The van der Waals surface area contributed by atoms with E-state index in [1.165, 1.54) is 4.90 Å². The first kappa shape index (κ1) is 24.4. The van der Waals surface area contributed by atoms with Crippen LogP contribution < -0.4 is 10.6 Å². The van der Waals surface area contributed by atoms with E-state index in [4.69, 9.17) is 0 Å². The summed E-state index contributed by atoms with van der Waals surface area (Å²) < 4.78 is 1.93. The number of halogens is 1. The number of nitrogens with one attached hydrogen (secondary N) is 2. The molecule has 2 bridgehead atoms. The molecule has 0 spiro atoms. The summed E-state index contributed by atoms with van der Waals surface area (Å²) >= 11 is 0. The van der Waals surface area contributed by atoms with E-state index < -0.39 is 0 Å². The van der Waals surface area contributed by atoms with Crippen molar-refractivity contribution in [1.82, 2.24) is 30.1 Å². The Kier molecular flexibility index (Phi) is 7.34. The van der Waals surface area contributed by atoms with Crippen LogP contribution in [0.15, 0.2) is 47.9 Å². The molecule has 3 aliphatic rings. The van der Waals surface area contributed by atoms with Gasteiger partial charge >= 0.3 is 0 Å². The highest BCUT2D eigenvalue weighted by molar-refractivity contribution is 14.0. The molecule has 2 aromatic rings. The topological polar surface area (TPSA) is 105 Å². The van der Waals surface area contributed by atoms with Crippen LogP contribution in [-0.2, 0) is 16.1 Å². The van der Waals surface area contributed by atoms with E-state index in [0.717, 1.165) is 23.6 Å². The van der Waals surface area contributed by atoms with Gasteiger partial charge in [-0.2, -0.15) is 0 Å². The lowest BCUT2D eigenvalue weighted by Crippen LogP contribution is -2.39. The Bertz CT molecular complexity index is 1080. The average Bonchev–Trinajstić information content (AvgIpc) is 3.60. The zero-order chi connectivity index (χ0) is 22.9. The Morgan fingerprint density at radius 1 is 1.12 bits per heavy atom. The Morgan fingerprint density at radius 2 is 1.85 bits per heavy atom. The maximum absolute atomic E-state index is 12.8. The van der Waals surface area contributed by atoms with Crippen LogP contribution in [0.2, 0.25) is 0 Å². The van der Waals surface area contributed by atoms with Gasteiger partial charge in [0.15, 0.2) is 5.96 Å². The van der Waals surface area contributed by atoms with Gasteiger partial charge in [-0.15, -0.1) is 24.0 Å². The highest BCUT2D eigenvalue weighted by Crippen LogP contribution is 2.52. The number of aliphatic imine (C=N–C) groups is 1. The van der Waals surface area contributed by atoms with E-state index in [-0.39, 0.29) is 59.5 Å². The number of rotatable bonds is 7. The third kappa shape index (κ3) is 4.47. The van der Waals surface area contributed by atoms with Gasteiger partial charge in [0.05, 0.1) is 11.8 Å². The van der Waals surface area contributed by atoms with E-state index >= 15 is 0 Å². The van der Waals surface area contributed by atoms with Crippen LogP contribution >= 0.6 is 24.0 Å². The van der Waals surface area contributed by atoms with Gasteiger partial charge in [-0.25, -0.2) is 9.97 Å². The summed E-state index contributed by atoms with van der Waals surface area (Å²) in [7, 11) is 1.72. The monoisotopic (exact) mass is 575 g/mol. The van der Waals surface area contributed by atoms with Crippen molar-refractivity contribution in [3.05, 3.63) is 54.3 Å². The number of carbonyl (C=O) groups is 2. The molecule has 2 fully saturated rings. The van der Waals surface area contributed by atoms with Crippen molar-refractivity contribution in [2.24, 2.45) is 28.7 Å². The third-order valence-electron chi connectivity index (χ3n) is 6.98. The van der Waals surface area contributed by atoms with E-state index in [1.54, 1.807) is 13.2 Å². The number of imide groups is 1. The number of amides is 2. The summed E-state index contributed by atoms with van der Waals surface area (Å²) in [6, 6.07) is 3.98. The van der Waals surface area contributed by atoms with Gasteiger partial charge in [-0.3, -0.25) is 24.0 Å². The Balaban J connectivity index is 0.00000274. The van der Waals surface area contributed by atoms with Gasteiger partial charge in [-0.05, 0) is 43.2 Å². The van der Waals surface area contributed by atoms with Crippen molar-refractivity contribution >= 4 is 41.8 Å². The maximum Gasteiger partial charge on any atom is 0.233 e. The number of hydrogen-bond acceptors (Lipinski definition) is 5. The predicted molar refractivity (Wildman–Crippen MR) is 139 cm³/mol. The molecule has 2 aromatic heterocycles. The van der Waals surface area contributed by atoms with Gasteiger partial charge in [0.1, 0.15) is 11.6 Å². The van der Waals surface area contributed by atoms with Crippen molar-refractivity contribution in [2.75, 3.05) is 20.1 Å². The number of nitrogens with zero attached hydrogens (tertiary/aromatic N) is 5. The van der Waals surface area contributed by atoms with Crippen molar-refractivity contribution < 1.29 is 9.59 Å². The molecule has 5 rings (SSSR count). The summed E-state index contributed by atoms with van der Waals surface area (Å²) in [5.41, 5.74) is 1.03. The molecule has 0 aromatic carbocycles. The Labute approximate surface area is 216 Å². The molecule has 2 N–H and O–H groups in total. The van der Waals surface area contributed by atoms with Crippen LogP contribution in [0.5, 0.6) is 0 Å². The predicted octanol–water partition coefficient (Wildman–Crippen LogP) is 2.06. The van der Waals surface area contributed by atoms with Crippen molar-refractivity contribution in [3.8, 4) is 5.82 Å². The zero-order valence-corrected chi connectivity index (χ0v) is 21.7. The van der Waals surface area contributed by atoms with Crippen LogP contribution in [0.25, 0.3) is 5.82 Å². The van der Waals surface area contributed by atoms with E-state index in [0.29, 0.717) is 32.0 Å². The van der Waals surface area contributed by atoms with Crippen LogP contribution in [0.1, 0.15) is 24.2 Å². The molecule has 4 unspecified atom stereocenters. The number of aryl methyl sites for hydroxylation is 1. The number of likely N-dealkylation sites (tertiary alicyclic amines) is 1. The lowest BCUT2D eigenvalue weighted by atomic mass is 9.85. The second-order valence-corrected chi connectivity index (χ2v) is 8.90. The van der Waals surface area contributed by atoms with Crippen molar-refractivity contribution in [1.29, 1.82) is 0 Å². The van der Waals surface area contributed by atoms with Gasteiger partial charge in [0, 0.05) is 45.3 Å². The van der Waals surface area contributed by atoms with Crippen molar-refractivity contribution in [2.45, 2.75) is 26.3 Å². The Morgan fingerprint density at radius 3 is 2.44 bits per heavy atom. The molecule has 9 nitrogen and oxygen atoms in total. The first-order valence-corrected chi connectivity index (χ1v) is 11.5. The molecule has 2 aliphatic carbocycles. The smallest absolute Gasteiger partial charge is 0.233 e. The summed E-state index contributed by atoms with van der Waals surface area (Å²) in [6.45, 7) is 3.59. The highest BCUT2D eigenvalue weighted by atomic mass is 127.